The lowest BCUT2D eigenvalue weighted by Gasteiger charge is -2.16. The van der Waals surface area contributed by atoms with Crippen LogP contribution in [0, 0.1) is 12.7 Å². The zero-order chi connectivity index (χ0) is 19.1. The Morgan fingerprint density at radius 3 is 2.50 bits per heavy atom. The van der Waals surface area contributed by atoms with Gasteiger partial charge in [-0.05, 0) is 48.4 Å². The van der Waals surface area contributed by atoms with Crippen LogP contribution < -0.4 is 14.8 Å². The first-order valence-electron chi connectivity index (χ1n) is 7.94. The molecule has 7 heteroatoms. The standard InChI is InChI=1S/C19H20FNO5/c1-12-3-4-13(9-16(12)25-2)10-18(22)21-11-17(19(23)24)26-15-7-5-14(20)6-8-15/h3-9,17H,10-11H2,1-2H3,(H,21,22)(H,23,24). The number of hydrogen-bond donors (Lipinski definition) is 2. The number of benzene rings is 2. The first-order chi connectivity index (χ1) is 12.4. The van der Waals surface area contributed by atoms with Crippen LogP contribution in [0.4, 0.5) is 4.39 Å². The SMILES string of the molecule is COc1cc(CC(=O)NCC(Oc2ccc(F)cc2)C(=O)O)ccc1C. The summed E-state index contributed by atoms with van der Waals surface area (Å²) < 4.78 is 23.4. The number of rotatable bonds is 8. The highest BCUT2D eigenvalue weighted by Gasteiger charge is 2.20. The minimum Gasteiger partial charge on any atom is -0.496 e. The number of ether oxygens (including phenoxy) is 2. The lowest BCUT2D eigenvalue weighted by Crippen LogP contribution is -2.40. The highest BCUT2D eigenvalue weighted by molar-refractivity contribution is 5.80. The molecule has 6 nitrogen and oxygen atoms in total. The quantitative estimate of drug-likeness (QED) is 0.754. The van der Waals surface area contributed by atoms with Crippen LogP contribution >= 0.6 is 0 Å². The van der Waals surface area contributed by atoms with Crippen molar-refractivity contribution in [2.75, 3.05) is 13.7 Å². The van der Waals surface area contributed by atoms with Crippen LogP contribution in [0.5, 0.6) is 11.5 Å². The average molecular weight is 361 g/mol. The molecule has 26 heavy (non-hydrogen) atoms. The Hall–Kier alpha value is -3.09. The van der Waals surface area contributed by atoms with E-state index in [1.54, 1.807) is 19.2 Å². The highest BCUT2D eigenvalue weighted by Crippen LogP contribution is 2.19. The Balaban J connectivity index is 1.92. The molecule has 1 unspecified atom stereocenters. The van der Waals surface area contributed by atoms with Gasteiger partial charge in [0.2, 0.25) is 12.0 Å². The fourth-order valence-electron chi connectivity index (χ4n) is 2.29. The maximum Gasteiger partial charge on any atom is 0.346 e. The number of carbonyl (C=O) groups excluding carboxylic acids is 1. The van der Waals surface area contributed by atoms with E-state index in [-0.39, 0.29) is 24.6 Å². The van der Waals surface area contributed by atoms with E-state index in [2.05, 4.69) is 5.32 Å². The molecule has 0 spiro atoms. The van der Waals surface area contributed by atoms with E-state index in [9.17, 15) is 19.1 Å². The second kappa shape index (κ2) is 8.84. The third-order valence-corrected chi connectivity index (χ3v) is 3.69. The molecule has 2 aromatic carbocycles. The van der Waals surface area contributed by atoms with Crippen LogP contribution in [0.2, 0.25) is 0 Å². The Labute approximate surface area is 150 Å². The number of carbonyl (C=O) groups is 2. The van der Waals surface area contributed by atoms with Crippen molar-refractivity contribution >= 4 is 11.9 Å². The van der Waals surface area contributed by atoms with Gasteiger partial charge < -0.3 is 19.9 Å². The lowest BCUT2D eigenvalue weighted by molar-refractivity contribution is -0.145. The number of carboxylic acid groups (broad SMARTS) is 1. The maximum absolute atomic E-state index is 12.9. The van der Waals surface area contributed by atoms with Gasteiger partial charge in [0.15, 0.2) is 0 Å². The predicted octanol–water partition coefficient (Wildman–Crippen LogP) is 2.33. The first-order valence-corrected chi connectivity index (χ1v) is 7.94. The van der Waals surface area contributed by atoms with E-state index in [0.717, 1.165) is 23.3 Å². The Kier molecular flexibility index (Phi) is 6.54. The zero-order valence-electron chi connectivity index (χ0n) is 14.5. The van der Waals surface area contributed by atoms with Gasteiger partial charge >= 0.3 is 5.97 Å². The van der Waals surface area contributed by atoms with E-state index in [1.165, 1.54) is 12.1 Å². The topological polar surface area (TPSA) is 84.9 Å². The summed E-state index contributed by atoms with van der Waals surface area (Å²) in [5.41, 5.74) is 1.70. The van der Waals surface area contributed by atoms with Gasteiger partial charge in [-0.3, -0.25) is 4.79 Å². The minimum atomic E-state index is -1.28. The van der Waals surface area contributed by atoms with E-state index in [0.29, 0.717) is 5.75 Å². The molecule has 2 N–H and O–H groups in total. The summed E-state index contributed by atoms with van der Waals surface area (Å²) in [6.45, 7) is 1.68. The number of halogens is 1. The Bertz CT molecular complexity index is 776. The number of hydrogen-bond acceptors (Lipinski definition) is 4. The number of nitrogens with one attached hydrogen (secondary N) is 1. The van der Waals surface area contributed by atoms with E-state index >= 15 is 0 Å². The summed E-state index contributed by atoms with van der Waals surface area (Å²) in [6, 6.07) is 10.4. The van der Waals surface area contributed by atoms with Crippen molar-refractivity contribution in [1.82, 2.24) is 5.32 Å². The third-order valence-electron chi connectivity index (χ3n) is 3.69. The number of amides is 1. The second-order valence-electron chi connectivity index (χ2n) is 5.68. The monoisotopic (exact) mass is 361 g/mol. The lowest BCUT2D eigenvalue weighted by atomic mass is 10.1. The molecule has 0 aliphatic heterocycles. The van der Waals surface area contributed by atoms with Crippen molar-refractivity contribution in [2.45, 2.75) is 19.4 Å². The largest absolute Gasteiger partial charge is 0.496 e. The van der Waals surface area contributed by atoms with Crippen molar-refractivity contribution in [3.63, 3.8) is 0 Å². The molecule has 0 aromatic heterocycles. The Morgan fingerprint density at radius 2 is 1.88 bits per heavy atom. The van der Waals surface area contributed by atoms with Crippen LogP contribution in [-0.2, 0) is 16.0 Å². The van der Waals surface area contributed by atoms with Gasteiger partial charge in [-0.15, -0.1) is 0 Å². The summed E-state index contributed by atoms with van der Waals surface area (Å²) in [4.78, 5) is 23.4. The van der Waals surface area contributed by atoms with Crippen molar-refractivity contribution in [3.05, 3.63) is 59.4 Å². The van der Waals surface area contributed by atoms with Crippen LogP contribution in [0.3, 0.4) is 0 Å². The summed E-state index contributed by atoms with van der Waals surface area (Å²) in [6.07, 6.45) is -1.20. The zero-order valence-corrected chi connectivity index (χ0v) is 14.5. The molecular formula is C19H20FNO5. The third kappa shape index (κ3) is 5.47. The van der Waals surface area contributed by atoms with Crippen molar-refractivity contribution in [1.29, 1.82) is 0 Å². The number of aryl methyl sites for hydroxylation is 1. The van der Waals surface area contributed by atoms with Crippen LogP contribution in [0.15, 0.2) is 42.5 Å². The van der Waals surface area contributed by atoms with Crippen molar-refractivity contribution in [3.8, 4) is 11.5 Å². The van der Waals surface area contributed by atoms with E-state index < -0.39 is 17.9 Å². The second-order valence-corrected chi connectivity index (χ2v) is 5.68. The van der Waals surface area contributed by atoms with Crippen LogP contribution in [0.25, 0.3) is 0 Å². The first kappa shape index (κ1) is 19.2. The van der Waals surface area contributed by atoms with Gasteiger partial charge in [-0.25, -0.2) is 9.18 Å². The summed E-state index contributed by atoms with van der Waals surface area (Å²) >= 11 is 0. The normalized spacial score (nSPS) is 11.5. The smallest absolute Gasteiger partial charge is 0.346 e. The van der Waals surface area contributed by atoms with Gasteiger partial charge in [-0.1, -0.05) is 12.1 Å². The molecule has 0 bridgehead atoms. The summed E-state index contributed by atoms with van der Waals surface area (Å²) in [5.74, 6) is -1.14. The number of methoxy groups -OCH3 is 1. The van der Waals surface area contributed by atoms with Gasteiger partial charge in [0.05, 0.1) is 20.1 Å². The number of aliphatic carboxylic acids is 1. The fourth-order valence-corrected chi connectivity index (χ4v) is 2.29. The van der Waals surface area contributed by atoms with Crippen molar-refractivity contribution in [2.24, 2.45) is 0 Å². The molecule has 0 saturated carbocycles. The molecule has 1 atom stereocenters. The molecule has 1 amide bonds. The van der Waals surface area contributed by atoms with Crippen LogP contribution in [-0.4, -0.2) is 36.7 Å². The van der Waals surface area contributed by atoms with Gasteiger partial charge in [-0.2, -0.15) is 0 Å². The van der Waals surface area contributed by atoms with Crippen molar-refractivity contribution < 1.29 is 28.6 Å². The number of carboxylic acids is 1. The minimum absolute atomic E-state index is 0.0829. The average Bonchev–Trinajstić information content (AvgIpc) is 2.61. The molecule has 0 fully saturated rings. The van der Waals surface area contributed by atoms with Crippen LogP contribution in [0.1, 0.15) is 11.1 Å². The Morgan fingerprint density at radius 1 is 1.19 bits per heavy atom. The summed E-state index contributed by atoms with van der Waals surface area (Å²) in [5, 5.41) is 11.8. The molecule has 0 aliphatic rings. The fraction of sp³-hybridized carbons (Fsp3) is 0.263. The molecule has 2 aromatic rings. The predicted molar refractivity (Wildman–Crippen MR) is 92.9 cm³/mol. The molecule has 0 aliphatic carbocycles. The van der Waals surface area contributed by atoms with Gasteiger partial charge in [0.25, 0.3) is 0 Å². The molecule has 138 valence electrons. The van der Waals surface area contributed by atoms with E-state index in [4.69, 9.17) is 9.47 Å². The van der Waals surface area contributed by atoms with Gasteiger partial charge in [0, 0.05) is 0 Å². The maximum atomic E-state index is 12.9. The summed E-state index contributed by atoms with van der Waals surface area (Å²) in [7, 11) is 1.55. The van der Waals surface area contributed by atoms with E-state index in [1.807, 2.05) is 13.0 Å². The molecule has 0 heterocycles. The van der Waals surface area contributed by atoms with Gasteiger partial charge in [0.1, 0.15) is 17.3 Å². The highest BCUT2D eigenvalue weighted by atomic mass is 19.1. The molecular weight excluding hydrogens is 341 g/mol. The molecule has 0 radical (unpaired) electrons. The molecule has 0 saturated heterocycles. The molecule has 2 rings (SSSR count).